The van der Waals surface area contributed by atoms with Crippen molar-refractivity contribution in [2.45, 2.75) is 17.3 Å². The van der Waals surface area contributed by atoms with Gasteiger partial charge in [0.05, 0.1) is 5.25 Å². The zero-order chi connectivity index (χ0) is 21.4. The number of urea groups is 1. The first-order valence-electron chi connectivity index (χ1n) is 9.78. The third-order valence-electron chi connectivity index (χ3n) is 5.03. The number of rotatable bonds is 5. The number of hydrogen-bond donors (Lipinski definition) is 1. The van der Waals surface area contributed by atoms with E-state index in [-0.39, 0.29) is 18.7 Å². The summed E-state index contributed by atoms with van der Waals surface area (Å²) in [5.41, 5.74) is 1.67. The molecule has 158 valence electrons. The van der Waals surface area contributed by atoms with Crippen LogP contribution in [0.4, 0.5) is 4.79 Å². The van der Waals surface area contributed by atoms with Crippen LogP contribution in [0, 0.1) is 0 Å². The minimum absolute atomic E-state index is 0.189. The van der Waals surface area contributed by atoms with Gasteiger partial charge in [0, 0.05) is 24.3 Å². The van der Waals surface area contributed by atoms with E-state index < -0.39 is 5.25 Å². The Morgan fingerprint density at radius 3 is 2.71 bits per heavy atom. The van der Waals surface area contributed by atoms with Crippen LogP contribution in [0.25, 0.3) is 17.1 Å². The van der Waals surface area contributed by atoms with Crippen LogP contribution in [-0.4, -0.2) is 56.7 Å². The Morgan fingerprint density at radius 1 is 1.13 bits per heavy atom. The van der Waals surface area contributed by atoms with Gasteiger partial charge in [0.15, 0.2) is 22.5 Å². The van der Waals surface area contributed by atoms with E-state index in [2.05, 4.69) is 15.5 Å². The number of fused-ring (bicyclic) bond motifs is 1. The fourth-order valence-corrected chi connectivity index (χ4v) is 4.42. The summed E-state index contributed by atoms with van der Waals surface area (Å²) >= 11 is 1.27. The fraction of sp³-hybridized carbons (Fsp3) is 0.238. The van der Waals surface area contributed by atoms with Crippen molar-refractivity contribution in [1.29, 1.82) is 0 Å². The normalized spacial score (nSPS) is 15.8. The smallest absolute Gasteiger partial charge is 0.324 e. The molecule has 2 aliphatic heterocycles. The number of thioether (sulfide) groups is 1. The van der Waals surface area contributed by atoms with Crippen molar-refractivity contribution in [3.8, 4) is 28.6 Å². The number of ether oxygens (including phenoxy) is 2. The van der Waals surface area contributed by atoms with Crippen molar-refractivity contribution in [1.82, 2.24) is 25.0 Å². The van der Waals surface area contributed by atoms with Gasteiger partial charge in [0.25, 0.3) is 0 Å². The van der Waals surface area contributed by atoms with Crippen LogP contribution in [0.3, 0.4) is 0 Å². The van der Waals surface area contributed by atoms with Crippen LogP contribution in [0.1, 0.15) is 6.92 Å². The molecule has 1 atom stereocenters. The predicted octanol–water partition coefficient (Wildman–Crippen LogP) is 2.70. The Hall–Kier alpha value is -3.53. The number of nitrogens with one attached hydrogen (secondary N) is 1. The second kappa shape index (κ2) is 7.95. The Bertz CT molecular complexity index is 1150. The molecule has 0 saturated carbocycles. The largest absolute Gasteiger partial charge is 0.454 e. The lowest BCUT2D eigenvalue weighted by Crippen LogP contribution is -2.39. The molecule has 1 saturated heterocycles. The quantitative estimate of drug-likeness (QED) is 0.613. The summed E-state index contributed by atoms with van der Waals surface area (Å²) in [5.74, 6) is 1.70. The first-order valence-corrected chi connectivity index (χ1v) is 10.7. The lowest BCUT2D eigenvalue weighted by atomic mass is 10.2. The van der Waals surface area contributed by atoms with Crippen LogP contribution in [-0.2, 0) is 4.79 Å². The van der Waals surface area contributed by atoms with E-state index >= 15 is 0 Å². The second-order valence-electron chi connectivity index (χ2n) is 7.03. The van der Waals surface area contributed by atoms with Crippen LogP contribution in [0.2, 0.25) is 0 Å². The van der Waals surface area contributed by atoms with Crippen molar-refractivity contribution in [2.24, 2.45) is 0 Å². The molecular formula is C21H19N5O4S. The van der Waals surface area contributed by atoms with Crippen LogP contribution < -0.4 is 14.8 Å². The summed E-state index contributed by atoms with van der Waals surface area (Å²) in [6, 6.07) is 14.9. The van der Waals surface area contributed by atoms with Gasteiger partial charge in [-0.1, -0.05) is 30.0 Å². The highest BCUT2D eigenvalue weighted by atomic mass is 32.2. The number of para-hydroxylation sites is 1. The molecule has 1 N–H and O–H groups in total. The fourth-order valence-electron chi connectivity index (χ4n) is 3.49. The molecule has 1 fully saturated rings. The monoisotopic (exact) mass is 437 g/mol. The van der Waals surface area contributed by atoms with Gasteiger partial charge >= 0.3 is 6.03 Å². The molecule has 1 aromatic heterocycles. The molecule has 9 nitrogen and oxygen atoms in total. The minimum Gasteiger partial charge on any atom is -0.454 e. The Morgan fingerprint density at radius 2 is 1.94 bits per heavy atom. The summed E-state index contributed by atoms with van der Waals surface area (Å²) in [5, 5.41) is 11.5. The van der Waals surface area contributed by atoms with E-state index in [0.717, 1.165) is 11.3 Å². The van der Waals surface area contributed by atoms with E-state index in [4.69, 9.17) is 9.47 Å². The van der Waals surface area contributed by atoms with E-state index in [0.29, 0.717) is 35.6 Å². The van der Waals surface area contributed by atoms with Crippen molar-refractivity contribution in [3.05, 3.63) is 48.5 Å². The molecule has 0 radical (unpaired) electrons. The summed E-state index contributed by atoms with van der Waals surface area (Å²) in [6.07, 6.45) is 0. The highest BCUT2D eigenvalue weighted by Crippen LogP contribution is 2.37. The van der Waals surface area contributed by atoms with E-state index in [9.17, 15) is 9.59 Å². The van der Waals surface area contributed by atoms with Gasteiger partial charge in [-0.25, -0.2) is 4.79 Å². The molecule has 0 unspecified atom stereocenters. The first kappa shape index (κ1) is 19.4. The first-order chi connectivity index (χ1) is 15.1. The molecule has 0 aliphatic carbocycles. The molecule has 5 rings (SSSR count). The van der Waals surface area contributed by atoms with Gasteiger partial charge in [-0.3, -0.25) is 14.3 Å². The standard InChI is InChI=1S/C21H19N5O4S/c1-13(19(27)25-10-9-22-20(25)28)31-21-24-23-18(26(21)15-5-3-2-4-6-15)14-7-8-16-17(11-14)30-12-29-16/h2-8,11,13H,9-10,12H2,1H3,(H,22,28)/t13-/m0/s1. The van der Waals surface area contributed by atoms with E-state index in [1.807, 2.05) is 53.1 Å². The molecule has 3 aromatic rings. The Kier molecular flexibility index (Phi) is 4.99. The van der Waals surface area contributed by atoms with Gasteiger partial charge in [-0.2, -0.15) is 0 Å². The van der Waals surface area contributed by atoms with Gasteiger partial charge in [-0.05, 0) is 37.3 Å². The maximum Gasteiger partial charge on any atom is 0.324 e. The lowest BCUT2D eigenvalue weighted by molar-refractivity contribution is -0.126. The summed E-state index contributed by atoms with van der Waals surface area (Å²) in [7, 11) is 0. The summed E-state index contributed by atoms with van der Waals surface area (Å²) in [6.45, 7) is 2.80. The van der Waals surface area contributed by atoms with Crippen molar-refractivity contribution >= 4 is 23.7 Å². The highest BCUT2D eigenvalue weighted by Gasteiger charge is 2.31. The minimum atomic E-state index is -0.514. The number of carbonyl (C=O) groups excluding carboxylic acids is 2. The van der Waals surface area contributed by atoms with Crippen LogP contribution >= 0.6 is 11.8 Å². The van der Waals surface area contributed by atoms with Gasteiger partial charge in [0.2, 0.25) is 12.7 Å². The molecule has 10 heteroatoms. The molecular weight excluding hydrogens is 418 g/mol. The molecule has 0 spiro atoms. The summed E-state index contributed by atoms with van der Waals surface area (Å²) < 4.78 is 12.8. The van der Waals surface area contributed by atoms with E-state index in [1.54, 1.807) is 6.92 Å². The number of aromatic nitrogens is 3. The highest BCUT2D eigenvalue weighted by molar-refractivity contribution is 8.00. The number of imide groups is 1. The van der Waals surface area contributed by atoms with E-state index in [1.165, 1.54) is 16.7 Å². The molecule has 3 heterocycles. The molecule has 2 aromatic carbocycles. The molecule has 31 heavy (non-hydrogen) atoms. The zero-order valence-electron chi connectivity index (χ0n) is 16.6. The predicted molar refractivity (Wildman–Crippen MR) is 113 cm³/mol. The maximum absolute atomic E-state index is 12.8. The molecule has 2 aliphatic rings. The van der Waals surface area contributed by atoms with Crippen LogP contribution in [0.15, 0.2) is 53.7 Å². The van der Waals surface area contributed by atoms with Crippen molar-refractivity contribution < 1.29 is 19.1 Å². The third kappa shape index (κ3) is 3.59. The average Bonchev–Trinajstić information content (AvgIpc) is 3.52. The van der Waals surface area contributed by atoms with Gasteiger partial charge in [0.1, 0.15) is 0 Å². The average molecular weight is 437 g/mol. The number of amides is 3. The van der Waals surface area contributed by atoms with Crippen LogP contribution in [0.5, 0.6) is 11.5 Å². The van der Waals surface area contributed by atoms with Crippen molar-refractivity contribution in [2.75, 3.05) is 19.9 Å². The second-order valence-corrected chi connectivity index (χ2v) is 8.34. The Labute approximate surface area is 182 Å². The zero-order valence-corrected chi connectivity index (χ0v) is 17.5. The number of nitrogens with zero attached hydrogens (tertiary/aromatic N) is 4. The molecule has 3 amide bonds. The number of carbonyl (C=O) groups is 2. The van der Waals surface area contributed by atoms with Crippen molar-refractivity contribution in [3.63, 3.8) is 0 Å². The number of benzene rings is 2. The maximum atomic E-state index is 12.8. The molecule has 0 bridgehead atoms. The third-order valence-corrected chi connectivity index (χ3v) is 6.06. The topological polar surface area (TPSA) is 98.6 Å². The summed E-state index contributed by atoms with van der Waals surface area (Å²) in [4.78, 5) is 25.9. The Balaban J connectivity index is 1.51. The lowest BCUT2D eigenvalue weighted by Gasteiger charge is -2.17. The number of hydrogen-bond acceptors (Lipinski definition) is 7. The van der Waals surface area contributed by atoms with Gasteiger partial charge in [-0.15, -0.1) is 10.2 Å². The SMILES string of the molecule is C[C@H](Sc1nnc(-c2ccc3c(c2)OCO3)n1-c1ccccc1)C(=O)N1CCNC1=O. The van der Waals surface area contributed by atoms with Gasteiger partial charge < -0.3 is 14.8 Å².